The Morgan fingerprint density at radius 2 is 1.69 bits per heavy atom. The smallest absolute Gasteiger partial charge is 0.220 e. The number of nitrogens with one attached hydrogen (secondary N) is 2. The quantitative estimate of drug-likeness (QED) is 0.743. The summed E-state index contributed by atoms with van der Waals surface area (Å²) in [5.74, 6) is 2.77. The van der Waals surface area contributed by atoms with E-state index < -0.39 is 0 Å². The molecule has 2 aliphatic heterocycles. The van der Waals surface area contributed by atoms with Crippen LogP contribution in [0.5, 0.6) is 17.2 Å². The van der Waals surface area contributed by atoms with Gasteiger partial charge >= 0.3 is 0 Å². The second-order valence-electron chi connectivity index (χ2n) is 7.29. The minimum Gasteiger partial charge on any atom is -0.496 e. The third kappa shape index (κ3) is 4.41. The van der Waals surface area contributed by atoms with Gasteiger partial charge in [0.25, 0.3) is 0 Å². The molecule has 2 saturated heterocycles. The topological polar surface area (TPSA) is 68.8 Å². The monoisotopic (exact) mass is 362 g/mol. The highest BCUT2D eigenvalue weighted by molar-refractivity contribution is 5.76. The van der Waals surface area contributed by atoms with E-state index in [0.29, 0.717) is 54.6 Å². The van der Waals surface area contributed by atoms with E-state index in [1.165, 1.54) is 12.8 Å². The number of piperidine rings is 1. The largest absolute Gasteiger partial charge is 0.496 e. The Labute approximate surface area is 155 Å². The highest BCUT2D eigenvalue weighted by Crippen LogP contribution is 2.34. The summed E-state index contributed by atoms with van der Waals surface area (Å²) in [6, 6.07) is 4.92. The molecule has 2 aliphatic rings. The molecule has 0 saturated carbocycles. The predicted molar refractivity (Wildman–Crippen MR) is 100 cm³/mol. The van der Waals surface area contributed by atoms with Crippen LogP contribution in [-0.4, -0.2) is 45.9 Å². The highest BCUT2D eigenvalue weighted by atomic mass is 16.5. The second-order valence-corrected chi connectivity index (χ2v) is 7.29. The average Bonchev–Trinajstić information content (AvgIpc) is 2.99. The van der Waals surface area contributed by atoms with Gasteiger partial charge < -0.3 is 24.8 Å². The van der Waals surface area contributed by atoms with Crippen LogP contribution in [0.4, 0.5) is 0 Å². The first-order valence-corrected chi connectivity index (χ1v) is 9.44. The zero-order valence-corrected chi connectivity index (χ0v) is 16.0. The number of benzene rings is 1. The van der Waals surface area contributed by atoms with Crippen LogP contribution in [-0.2, 0) is 11.2 Å². The first kappa shape index (κ1) is 18.8. The van der Waals surface area contributed by atoms with Crippen molar-refractivity contribution in [2.45, 2.75) is 50.6 Å². The van der Waals surface area contributed by atoms with Gasteiger partial charge in [-0.2, -0.15) is 0 Å². The Morgan fingerprint density at radius 3 is 2.23 bits per heavy atom. The highest BCUT2D eigenvalue weighted by Gasteiger charge is 2.34. The molecule has 6 nitrogen and oxygen atoms in total. The normalized spacial score (nSPS) is 24.2. The summed E-state index contributed by atoms with van der Waals surface area (Å²) in [7, 11) is 4.87. The minimum atomic E-state index is 0.141. The molecule has 3 rings (SSSR count). The van der Waals surface area contributed by atoms with E-state index >= 15 is 0 Å². The van der Waals surface area contributed by atoms with Crippen LogP contribution in [0.1, 0.15) is 37.7 Å². The molecule has 144 valence electrons. The predicted octanol–water partition coefficient (Wildman–Crippen LogP) is 2.29. The summed E-state index contributed by atoms with van der Waals surface area (Å²) in [5, 5.41) is 6.68. The van der Waals surface area contributed by atoms with Crippen molar-refractivity contribution in [3.8, 4) is 17.2 Å². The van der Waals surface area contributed by atoms with E-state index in [1.807, 2.05) is 12.1 Å². The lowest BCUT2D eigenvalue weighted by atomic mass is 9.89. The lowest BCUT2D eigenvalue weighted by Crippen LogP contribution is -2.39. The van der Waals surface area contributed by atoms with Crippen molar-refractivity contribution in [2.24, 2.45) is 5.92 Å². The van der Waals surface area contributed by atoms with E-state index in [1.54, 1.807) is 21.3 Å². The van der Waals surface area contributed by atoms with Crippen molar-refractivity contribution in [1.82, 2.24) is 10.6 Å². The van der Waals surface area contributed by atoms with E-state index in [4.69, 9.17) is 14.2 Å². The summed E-state index contributed by atoms with van der Waals surface area (Å²) in [5.41, 5.74) is 0.941. The number of carbonyl (C=O) groups is 1. The minimum absolute atomic E-state index is 0.141. The van der Waals surface area contributed by atoms with Crippen LogP contribution in [0, 0.1) is 5.92 Å². The Bertz CT molecular complexity index is 597. The van der Waals surface area contributed by atoms with Gasteiger partial charge in [0.2, 0.25) is 5.91 Å². The van der Waals surface area contributed by atoms with Crippen LogP contribution in [0.25, 0.3) is 0 Å². The molecule has 1 aromatic rings. The van der Waals surface area contributed by atoms with Gasteiger partial charge in [-0.05, 0) is 38.0 Å². The van der Waals surface area contributed by atoms with Crippen LogP contribution >= 0.6 is 0 Å². The van der Waals surface area contributed by atoms with Crippen LogP contribution in [0.3, 0.4) is 0 Å². The third-order valence-corrected chi connectivity index (χ3v) is 5.56. The summed E-state index contributed by atoms with van der Waals surface area (Å²) >= 11 is 0. The summed E-state index contributed by atoms with van der Waals surface area (Å²) in [4.78, 5) is 12.3. The standard InChI is InChI=1S/C20H30N2O4/c1-24-16-11-18(25-2)17(19(12-16)26-3)6-7-21-20(23)10-13-8-14-4-5-15(9-13)22-14/h11-15,22H,4-10H2,1-3H3,(H,21,23). The molecule has 2 bridgehead atoms. The number of methoxy groups -OCH3 is 3. The Balaban J connectivity index is 1.52. The van der Waals surface area contributed by atoms with E-state index in [-0.39, 0.29) is 5.91 Å². The molecule has 2 atom stereocenters. The van der Waals surface area contributed by atoms with Gasteiger partial charge in [-0.25, -0.2) is 0 Å². The average molecular weight is 362 g/mol. The molecule has 0 spiro atoms. The first-order chi connectivity index (χ1) is 12.6. The molecule has 2 unspecified atom stereocenters. The Kier molecular flexibility index (Phi) is 6.25. The van der Waals surface area contributed by atoms with Gasteiger partial charge in [-0.15, -0.1) is 0 Å². The maximum Gasteiger partial charge on any atom is 0.220 e. The molecular weight excluding hydrogens is 332 g/mol. The molecule has 0 aromatic heterocycles. The molecule has 2 N–H and O–H groups in total. The van der Waals surface area contributed by atoms with Crippen molar-refractivity contribution in [2.75, 3.05) is 27.9 Å². The Hall–Kier alpha value is -1.95. The van der Waals surface area contributed by atoms with E-state index in [0.717, 1.165) is 18.4 Å². The number of ether oxygens (including phenoxy) is 3. The summed E-state index contributed by atoms with van der Waals surface area (Å²) < 4.78 is 16.2. The molecule has 0 radical (unpaired) electrons. The first-order valence-electron chi connectivity index (χ1n) is 9.44. The van der Waals surface area contributed by atoms with Gasteiger partial charge in [0.1, 0.15) is 17.2 Å². The number of hydrogen-bond acceptors (Lipinski definition) is 5. The van der Waals surface area contributed by atoms with Crippen LogP contribution in [0.15, 0.2) is 12.1 Å². The number of fused-ring (bicyclic) bond motifs is 2. The zero-order chi connectivity index (χ0) is 18.5. The van der Waals surface area contributed by atoms with Gasteiger partial charge in [0.05, 0.1) is 21.3 Å². The number of amides is 1. The van der Waals surface area contributed by atoms with E-state index in [9.17, 15) is 4.79 Å². The van der Waals surface area contributed by atoms with Gasteiger partial charge in [-0.1, -0.05) is 0 Å². The SMILES string of the molecule is COc1cc(OC)c(CCNC(=O)CC2CC3CCC(C2)N3)c(OC)c1. The maximum atomic E-state index is 12.3. The number of carbonyl (C=O) groups excluding carboxylic acids is 1. The lowest BCUT2D eigenvalue weighted by Gasteiger charge is -2.28. The van der Waals surface area contributed by atoms with Crippen LogP contribution < -0.4 is 24.8 Å². The molecule has 1 amide bonds. The molecule has 26 heavy (non-hydrogen) atoms. The fourth-order valence-electron chi connectivity index (χ4n) is 4.33. The summed E-state index contributed by atoms with van der Waals surface area (Å²) in [6.07, 6.45) is 6.07. The van der Waals surface area contributed by atoms with Crippen molar-refractivity contribution in [1.29, 1.82) is 0 Å². The molecule has 2 heterocycles. The fraction of sp³-hybridized carbons (Fsp3) is 0.650. The van der Waals surface area contributed by atoms with E-state index in [2.05, 4.69) is 10.6 Å². The Morgan fingerprint density at radius 1 is 1.08 bits per heavy atom. The van der Waals surface area contributed by atoms with Gasteiger partial charge in [0, 0.05) is 42.7 Å². The van der Waals surface area contributed by atoms with Crippen molar-refractivity contribution in [3.63, 3.8) is 0 Å². The molecule has 1 aromatic carbocycles. The van der Waals surface area contributed by atoms with Crippen LogP contribution in [0.2, 0.25) is 0 Å². The second kappa shape index (κ2) is 8.62. The van der Waals surface area contributed by atoms with Crippen molar-refractivity contribution >= 4 is 5.91 Å². The molecular formula is C20H30N2O4. The van der Waals surface area contributed by atoms with Crippen molar-refractivity contribution < 1.29 is 19.0 Å². The maximum absolute atomic E-state index is 12.3. The molecule has 0 aliphatic carbocycles. The van der Waals surface area contributed by atoms with Crippen molar-refractivity contribution in [3.05, 3.63) is 17.7 Å². The lowest BCUT2D eigenvalue weighted by molar-refractivity contribution is -0.122. The van der Waals surface area contributed by atoms with Gasteiger partial charge in [-0.3, -0.25) is 4.79 Å². The summed E-state index contributed by atoms with van der Waals surface area (Å²) in [6.45, 7) is 0.565. The fourth-order valence-corrected chi connectivity index (χ4v) is 4.33. The molecule has 6 heteroatoms. The third-order valence-electron chi connectivity index (χ3n) is 5.56. The van der Waals surface area contributed by atoms with Gasteiger partial charge in [0.15, 0.2) is 0 Å². The zero-order valence-electron chi connectivity index (χ0n) is 16.0. The molecule has 2 fully saturated rings. The number of rotatable bonds is 8. The number of hydrogen-bond donors (Lipinski definition) is 2.